The van der Waals surface area contributed by atoms with Crippen molar-refractivity contribution in [3.8, 4) is 0 Å². The summed E-state index contributed by atoms with van der Waals surface area (Å²) < 4.78 is 31.6. The van der Waals surface area contributed by atoms with Crippen LogP contribution in [0.25, 0.3) is 0 Å². The van der Waals surface area contributed by atoms with E-state index >= 15 is 0 Å². The van der Waals surface area contributed by atoms with Gasteiger partial charge >= 0.3 is 10.3 Å². The van der Waals surface area contributed by atoms with Gasteiger partial charge in [-0.15, -0.1) is 0 Å². The Morgan fingerprint density at radius 3 is 2.79 bits per heavy atom. The molecule has 0 fully saturated rings. The lowest BCUT2D eigenvalue weighted by atomic mass is 10.1. The molecule has 0 unspecified atom stereocenters. The fourth-order valence-electron chi connectivity index (χ4n) is 1.15. The zero-order valence-corrected chi connectivity index (χ0v) is 8.71. The van der Waals surface area contributed by atoms with Crippen LogP contribution < -0.4 is 4.72 Å². The first-order valence-corrected chi connectivity index (χ1v) is 5.77. The predicted molar refractivity (Wildman–Crippen MR) is 54.9 cm³/mol. The smallest absolute Gasteiger partial charge is 0.269 e. The highest BCUT2D eigenvalue weighted by Crippen LogP contribution is 2.12. The van der Waals surface area contributed by atoms with Crippen molar-refractivity contribution < 1.29 is 13.0 Å². The molecule has 0 saturated heterocycles. The zero-order chi connectivity index (χ0) is 10.6. The normalized spacial score (nSPS) is 17.0. The topological polar surface area (TPSA) is 66.4 Å². The molecular weight excluding hydrogens is 202 g/mol. The van der Waals surface area contributed by atoms with Crippen LogP contribution in [-0.4, -0.2) is 13.0 Å². The fraction of sp³-hybridized carbons (Fsp3) is 0.333. The second-order valence-corrected chi connectivity index (χ2v) is 4.14. The van der Waals surface area contributed by atoms with Gasteiger partial charge in [-0.2, -0.15) is 8.42 Å². The third-order valence-electron chi connectivity index (χ3n) is 1.88. The van der Waals surface area contributed by atoms with E-state index in [2.05, 4.69) is 0 Å². The van der Waals surface area contributed by atoms with E-state index in [0.29, 0.717) is 5.70 Å². The van der Waals surface area contributed by atoms with Gasteiger partial charge in [-0.05, 0) is 25.0 Å². The summed E-state index contributed by atoms with van der Waals surface area (Å²) in [6, 6.07) is 0. The van der Waals surface area contributed by atoms with Crippen LogP contribution >= 0.6 is 0 Å². The minimum absolute atomic E-state index is 0.371. The Morgan fingerprint density at radius 2 is 2.21 bits per heavy atom. The lowest BCUT2D eigenvalue weighted by Gasteiger charge is -2.00. The molecule has 1 aliphatic rings. The molecule has 0 radical (unpaired) electrons. The van der Waals surface area contributed by atoms with Crippen LogP contribution in [0, 0.1) is 0 Å². The lowest BCUT2D eigenvalue weighted by Crippen LogP contribution is -2.20. The van der Waals surface area contributed by atoms with Crippen molar-refractivity contribution in [3.63, 3.8) is 0 Å². The molecule has 0 atom stereocenters. The third kappa shape index (κ3) is 3.76. The highest BCUT2D eigenvalue weighted by atomic mass is 32.2. The molecule has 0 saturated carbocycles. The maximum absolute atomic E-state index is 10.5. The van der Waals surface area contributed by atoms with Gasteiger partial charge in [0, 0.05) is 0 Å². The Labute approximate surface area is 83.9 Å². The van der Waals surface area contributed by atoms with Crippen LogP contribution in [0.2, 0.25) is 0 Å². The lowest BCUT2D eigenvalue weighted by molar-refractivity contribution is 0.475. The van der Waals surface area contributed by atoms with Gasteiger partial charge in [-0.3, -0.25) is 9.27 Å². The molecule has 0 amide bonds. The zero-order valence-electron chi connectivity index (χ0n) is 7.90. The van der Waals surface area contributed by atoms with E-state index < -0.39 is 10.3 Å². The molecule has 2 N–H and O–H groups in total. The van der Waals surface area contributed by atoms with E-state index in [0.717, 1.165) is 12.8 Å². The van der Waals surface area contributed by atoms with Gasteiger partial charge in [-0.25, -0.2) is 0 Å². The number of allylic oxidation sites excluding steroid dienone is 5. The SMILES string of the molecule is CCC1=CC=C(NS(=O)(=O)O)C=CC1. The van der Waals surface area contributed by atoms with Gasteiger partial charge in [-0.1, -0.05) is 24.6 Å². The molecule has 1 aliphatic carbocycles. The number of nitrogens with one attached hydrogen (secondary N) is 1. The Hall–Kier alpha value is -1.07. The van der Waals surface area contributed by atoms with E-state index in [1.807, 2.05) is 23.8 Å². The van der Waals surface area contributed by atoms with Gasteiger partial charge in [0.15, 0.2) is 0 Å². The number of hydrogen-bond acceptors (Lipinski definition) is 2. The van der Waals surface area contributed by atoms with Crippen molar-refractivity contribution in [1.82, 2.24) is 4.72 Å². The first kappa shape index (κ1) is 11.0. The highest BCUT2D eigenvalue weighted by molar-refractivity contribution is 7.83. The standard InChI is InChI=1S/C9H13NO3S/c1-2-8-4-3-5-9(7-6-8)10-14(11,12)13/h3,5-7,10H,2,4H2,1H3,(H,11,12,13). The summed E-state index contributed by atoms with van der Waals surface area (Å²) in [6.07, 6.45) is 8.71. The average Bonchev–Trinajstić information content (AvgIpc) is 2.27. The summed E-state index contributed by atoms with van der Waals surface area (Å²) in [6.45, 7) is 2.04. The first-order chi connectivity index (χ1) is 6.51. The van der Waals surface area contributed by atoms with Crippen LogP contribution in [0.5, 0.6) is 0 Å². The van der Waals surface area contributed by atoms with Gasteiger partial charge in [0.1, 0.15) is 0 Å². The summed E-state index contributed by atoms with van der Waals surface area (Å²) in [7, 11) is -4.16. The number of hydrogen-bond donors (Lipinski definition) is 2. The monoisotopic (exact) mass is 215 g/mol. The Morgan fingerprint density at radius 1 is 1.50 bits per heavy atom. The van der Waals surface area contributed by atoms with Gasteiger partial charge in [0.2, 0.25) is 0 Å². The van der Waals surface area contributed by atoms with Crippen LogP contribution in [0.15, 0.2) is 35.6 Å². The maximum atomic E-state index is 10.5. The predicted octanol–water partition coefficient (Wildman–Crippen LogP) is 1.56. The summed E-state index contributed by atoms with van der Waals surface area (Å²) in [5.41, 5.74) is 1.59. The molecule has 0 heterocycles. The quantitative estimate of drug-likeness (QED) is 0.702. The van der Waals surface area contributed by atoms with Crippen LogP contribution in [0.3, 0.4) is 0 Å². The van der Waals surface area contributed by atoms with E-state index in [1.54, 1.807) is 12.2 Å². The third-order valence-corrected chi connectivity index (χ3v) is 2.37. The summed E-state index contributed by atoms with van der Waals surface area (Å²) in [5.74, 6) is 0. The molecule has 0 spiro atoms. The van der Waals surface area contributed by atoms with E-state index in [9.17, 15) is 8.42 Å². The van der Waals surface area contributed by atoms with Crippen LogP contribution in [0.1, 0.15) is 19.8 Å². The molecule has 0 bridgehead atoms. The largest absolute Gasteiger partial charge is 0.357 e. The number of rotatable bonds is 3. The highest BCUT2D eigenvalue weighted by Gasteiger charge is 2.04. The summed E-state index contributed by atoms with van der Waals surface area (Å²) in [4.78, 5) is 0. The maximum Gasteiger partial charge on any atom is 0.357 e. The second kappa shape index (κ2) is 4.43. The molecule has 4 nitrogen and oxygen atoms in total. The van der Waals surface area contributed by atoms with Gasteiger partial charge < -0.3 is 0 Å². The minimum Gasteiger partial charge on any atom is -0.269 e. The Bertz CT molecular complexity index is 390. The summed E-state index contributed by atoms with van der Waals surface area (Å²) in [5, 5.41) is 0. The minimum atomic E-state index is -4.16. The van der Waals surface area contributed by atoms with Crippen molar-refractivity contribution in [2.45, 2.75) is 19.8 Å². The van der Waals surface area contributed by atoms with E-state index in [4.69, 9.17) is 4.55 Å². The molecular formula is C9H13NO3S. The molecule has 0 aromatic carbocycles. The molecule has 0 aromatic rings. The fourth-order valence-corrected chi connectivity index (χ4v) is 1.58. The van der Waals surface area contributed by atoms with Crippen molar-refractivity contribution in [2.75, 3.05) is 0 Å². The molecule has 0 aliphatic heterocycles. The van der Waals surface area contributed by atoms with E-state index in [-0.39, 0.29) is 0 Å². The summed E-state index contributed by atoms with van der Waals surface area (Å²) >= 11 is 0. The van der Waals surface area contributed by atoms with Gasteiger partial charge in [0.05, 0.1) is 5.70 Å². The first-order valence-electron chi connectivity index (χ1n) is 4.33. The van der Waals surface area contributed by atoms with Crippen LogP contribution in [-0.2, 0) is 10.3 Å². The van der Waals surface area contributed by atoms with Crippen molar-refractivity contribution in [3.05, 3.63) is 35.6 Å². The molecule has 14 heavy (non-hydrogen) atoms. The molecule has 0 aromatic heterocycles. The second-order valence-electron chi connectivity index (χ2n) is 2.98. The Kier molecular flexibility index (Phi) is 3.49. The molecule has 1 rings (SSSR count). The van der Waals surface area contributed by atoms with Crippen molar-refractivity contribution in [1.29, 1.82) is 0 Å². The van der Waals surface area contributed by atoms with E-state index in [1.165, 1.54) is 5.57 Å². The molecule has 5 heteroatoms. The van der Waals surface area contributed by atoms with Gasteiger partial charge in [0.25, 0.3) is 0 Å². The molecule has 78 valence electrons. The average molecular weight is 215 g/mol. The van der Waals surface area contributed by atoms with Crippen molar-refractivity contribution >= 4 is 10.3 Å². The Balaban J connectivity index is 2.81. The van der Waals surface area contributed by atoms with Crippen molar-refractivity contribution in [2.24, 2.45) is 0 Å². The van der Waals surface area contributed by atoms with Crippen LogP contribution in [0.4, 0.5) is 0 Å².